The second-order valence-corrected chi connectivity index (χ2v) is 24.5. The van der Waals surface area contributed by atoms with Gasteiger partial charge in [0.15, 0.2) is 0 Å². The van der Waals surface area contributed by atoms with Gasteiger partial charge in [0.25, 0.3) is 0 Å². The van der Waals surface area contributed by atoms with Gasteiger partial charge < -0.3 is 14.9 Å². The smallest absolute Gasteiger partial charge is 0.358 e. The van der Waals surface area contributed by atoms with E-state index in [1.165, 1.54) is 65.3 Å². The molecule has 0 atom stereocenters. The summed E-state index contributed by atoms with van der Waals surface area (Å²) in [6, 6.07) is 41.8. The van der Waals surface area contributed by atoms with Gasteiger partial charge in [0.1, 0.15) is 0 Å². The molecule has 0 nitrogen and oxygen atoms in total. The Morgan fingerprint density at radius 1 is 0.500 bits per heavy atom. The van der Waals surface area contributed by atoms with Crippen molar-refractivity contribution in [2.24, 2.45) is 0 Å². The van der Waals surface area contributed by atoms with Crippen molar-refractivity contribution in [3.05, 3.63) is 135 Å². The fourth-order valence-corrected chi connectivity index (χ4v) is 8.49. The van der Waals surface area contributed by atoms with Crippen molar-refractivity contribution < 1.29 is 25.8 Å². The van der Waals surface area contributed by atoms with Crippen LogP contribution in [0.4, 0.5) is 0 Å². The summed E-state index contributed by atoms with van der Waals surface area (Å²) < 4.78 is 0. The standard InChI is InChI=1S/C39H42Si2.2CH3.Hf/c1-39(2,31-23-29-11-9-13-35(37(29)25-31)27-15-19-33(20-16-27)40(3,4)5)32-24-30-12-10-14-36(38(30)26-32)28-17-21-34(22-18-28)41(6,7)8;;;/h9-26H,1-8H3;2*1H3;/q-2;2*-1;+4. The van der Waals surface area contributed by atoms with Crippen molar-refractivity contribution in [3.8, 4) is 22.3 Å². The van der Waals surface area contributed by atoms with E-state index in [9.17, 15) is 0 Å². The van der Waals surface area contributed by atoms with Crippen LogP contribution in [0.15, 0.2) is 109 Å². The monoisotopic (exact) mass is 776 g/mol. The summed E-state index contributed by atoms with van der Waals surface area (Å²) in [7, 11) is -2.64. The molecule has 6 aromatic carbocycles. The van der Waals surface area contributed by atoms with Crippen LogP contribution in [-0.4, -0.2) is 16.1 Å². The number of hydrogen-bond donors (Lipinski definition) is 0. The molecule has 224 valence electrons. The molecule has 0 unspecified atom stereocenters. The molecule has 0 radical (unpaired) electrons. The average Bonchev–Trinajstić information content (AvgIpc) is 3.58. The van der Waals surface area contributed by atoms with Crippen LogP contribution in [0.3, 0.4) is 0 Å². The Hall–Kier alpha value is -2.60. The normalized spacial score (nSPS) is 12.0. The molecule has 0 bridgehead atoms. The van der Waals surface area contributed by atoms with E-state index in [0.29, 0.717) is 0 Å². The van der Waals surface area contributed by atoms with Crippen LogP contribution in [0, 0.1) is 14.9 Å². The molecule has 0 aromatic heterocycles. The Balaban J connectivity index is 0.00000176. The van der Waals surface area contributed by atoms with Crippen LogP contribution in [0.25, 0.3) is 43.8 Å². The van der Waals surface area contributed by atoms with Crippen molar-refractivity contribution in [3.63, 3.8) is 0 Å². The summed E-state index contributed by atoms with van der Waals surface area (Å²) in [6.45, 7) is 19.2. The number of benzene rings is 4. The summed E-state index contributed by atoms with van der Waals surface area (Å²) >= 11 is 0. The molecule has 0 saturated heterocycles. The molecule has 3 heteroatoms. The second kappa shape index (κ2) is 13.0. The van der Waals surface area contributed by atoms with Crippen LogP contribution in [0.5, 0.6) is 0 Å². The Labute approximate surface area is 288 Å². The second-order valence-electron chi connectivity index (χ2n) is 14.4. The maximum atomic E-state index is 2.44. The van der Waals surface area contributed by atoms with Gasteiger partial charge in [0.2, 0.25) is 0 Å². The molecule has 0 aliphatic heterocycles. The molecule has 0 saturated carbocycles. The van der Waals surface area contributed by atoms with Gasteiger partial charge in [-0.25, -0.2) is 0 Å². The summed E-state index contributed by atoms with van der Waals surface area (Å²) in [5.74, 6) is 0. The Morgan fingerprint density at radius 3 is 1.16 bits per heavy atom. The first-order chi connectivity index (χ1) is 19.3. The number of rotatable bonds is 6. The van der Waals surface area contributed by atoms with Gasteiger partial charge in [-0.2, -0.15) is 12.1 Å². The molecule has 0 aliphatic rings. The van der Waals surface area contributed by atoms with Gasteiger partial charge in [-0.05, 0) is 16.5 Å². The fourth-order valence-electron chi connectivity index (χ4n) is 6.16. The molecule has 0 spiro atoms. The molecule has 6 rings (SSSR count). The van der Waals surface area contributed by atoms with Crippen LogP contribution in [0.2, 0.25) is 39.3 Å². The summed E-state index contributed by atoms with van der Waals surface area (Å²) in [5.41, 5.74) is 7.88. The molecule has 0 amide bonds. The van der Waals surface area contributed by atoms with E-state index >= 15 is 0 Å². The zero-order chi connectivity index (χ0) is 29.2. The van der Waals surface area contributed by atoms with Crippen molar-refractivity contribution in [1.82, 2.24) is 0 Å². The topological polar surface area (TPSA) is 0 Å². The minimum Gasteiger partial charge on any atom is -0.358 e. The Morgan fingerprint density at radius 2 is 0.841 bits per heavy atom. The zero-order valence-electron chi connectivity index (χ0n) is 28.4. The van der Waals surface area contributed by atoms with E-state index in [4.69, 9.17) is 0 Å². The van der Waals surface area contributed by atoms with Gasteiger partial charge in [-0.3, -0.25) is 0 Å². The van der Waals surface area contributed by atoms with E-state index in [-0.39, 0.29) is 46.1 Å². The molecule has 0 N–H and O–H groups in total. The number of hydrogen-bond acceptors (Lipinski definition) is 0. The molecule has 0 fully saturated rings. The first kappa shape index (κ1) is 35.9. The SMILES string of the molecule is CC(C)(c1cc2c(-c3ccc([Si](C)(C)C)cc3)cccc2[cH-]1)c1cc2c(-c3ccc([Si](C)(C)C)cc3)cccc2[cH-]1.[CH3-].[CH3-].[Hf+4]. The van der Waals surface area contributed by atoms with Gasteiger partial charge in [0, 0.05) is 0 Å². The van der Waals surface area contributed by atoms with Crippen LogP contribution in [-0.2, 0) is 31.3 Å². The van der Waals surface area contributed by atoms with Crippen molar-refractivity contribution in [1.29, 1.82) is 0 Å². The van der Waals surface area contributed by atoms with Crippen molar-refractivity contribution >= 4 is 48.1 Å². The fraction of sp³-hybridized carbons (Fsp3) is 0.220. The maximum absolute atomic E-state index is 2.44. The van der Waals surface area contributed by atoms with Gasteiger partial charge >= 0.3 is 25.8 Å². The van der Waals surface area contributed by atoms with Gasteiger partial charge in [-0.15, -0.1) is 69.1 Å². The van der Waals surface area contributed by atoms with E-state index in [1.54, 1.807) is 0 Å². The van der Waals surface area contributed by atoms with E-state index in [1.807, 2.05) is 0 Å². The van der Waals surface area contributed by atoms with Crippen LogP contribution >= 0.6 is 0 Å². The Kier molecular flexibility index (Phi) is 10.6. The third-order valence-corrected chi connectivity index (χ3v) is 13.2. The summed E-state index contributed by atoms with van der Waals surface area (Å²) in [4.78, 5) is 0. The zero-order valence-corrected chi connectivity index (χ0v) is 34.0. The maximum Gasteiger partial charge on any atom is 4.00 e. The van der Waals surface area contributed by atoms with Crippen LogP contribution in [0.1, 0.15) is 25.0 Å². The average molecular weight is 775 g/mol. The largest absolute Gasteiger partial charge is 4.00 e. The third kappa shape index (κ3) is 6.66. The molecule has 0 aliphatic carbocycles. The number of fused-ring (bicyclic) bond motifs is 2. The molecule has 44 heavy (non-hydrogen) atoms. The first-order valence-electron chi connectivity index (χ1n) is 14.9. The van der Waals surface area contributed by atoms with Crippen molar-refractivity contribution in [2.45, 2.75) is 58.5 Å². The molecular weight excluding hydrogens is 727 g/mol. The predicted molar refractivity (Wildman–Crippen MR) is 201 cm³/mol. The van der Waals surface area contributed by atoms with E-state index < -0.39 is 16.1 Å². The van der Waals surface area contributed by atoms with Gasteiger partial charge in [0.05, 0.1) is 16.1 Å². The van der Waals surface area contributed by atoms with E-state index in [0.717, 1.165) is 0 Å². The van der Waals surface area contributed by atoms with Crippen molar-refractivity contribution in [2.75, 3.05) is 0 Å². The van der Waals surface area contributed by atoms with Crippen LogP contribution < -0.4 is 10.4 Å². The summed E-state index contributed by atoms with van der Waals surface area (Å²) in [5, 5.41) is 8.34. The Bertz CT molecular complexity index is 1710. The minimum atomic E-state index is -1.32. The third-order valence-electron chi connectivity index (χ3n) is 9.07. The molecular formula is C41H48HfSi2. The molecule has 6 aromatic rings. The first-order valence-corrected chi connectivity index (χ1v) is 21.9. The quantitative estimate of drug-likeness (QED) is 0.117. The van der Waals surface area contributed by atoms with Gasteiger partial charge in [-0.1, -0.05) is 135 Å². The predicted octanol–water partition coefficient (Wildman–Crippen LogP) is 11.1. The molecule has 0 heterocycles. The summed E-state index contributed by atoms with van der Waals surface area (Å²) in [6.07, 6.45) is 0. The minimum absolute atomic E-state index is 0. The van der Waals surface area contributed by atoms with E-state index in [2.05, 4.69) is 162 Å².